The number of hydrogen-bond acceptors (Lipinski definition) is 3. The molecule has 1 rings (SSSR count). The molecule has 0 unspecified atom stereocenters. The maximum atomic E-state index is 11.3. The second-order valence-corrected chi connectivity index (χ2v) is 3.90. The van der Waals surface area contributed by atoms with E-state index in [4.69, 9.17) is 15.9 Å². The molecule has 1 fully saturated rings. The van der Waals surface area contributed by atoms with Crippen molar-refractivity contribution in [2.24, 2.45) is 5.73 Å². The first-order valence-corrected chi connectivity index (χ1v) is 5.40. The van der Waals surface area contributed by atoms with Gasteiger partial charge < -0.3 is 15.8 Å². The number of carbonyl (C=O) groups is 1. The summed E-state index contributed by atoms with van der Waals surface area (Å²) in [4.78, 5) is 11.3. The lowest BCUT2D eigenvalue weighted by Crippen LogP contribution is -2.58. The maximum absolute atomic E-state index is 11.3. The van der Waals surface area contributed by atoms with E-state index >= 15 is 0 Å². The molecule has 15 heavy (non-hydrogen) atoms. The van der Waals surface area contributed by atoms with E-state index in [1.807, 2.05) is 0 Å². The number of amidine groups is 1. The van der Waals surface area contributed by atoms with Crippen LogP contribution < -0.4 is 11.1 Å². The second kappa shape index (κ2) is 5.00. The molecule has 0 aliphatic heterocycles. The van der Waals surface area contributed by atoms with Crippen molar-refractivity contribution >= 4 is 11.9 Å². The van der Waals surface area contributed by atoms with E-state index in [1.54, 1.807) is 6.92 Å². The lowest BCUT2D eigenvalue weighted by molar-refractivity contribution is 0.139. The molecular weight excluding hydrogens is 194 g/mol. The largest absolute Gasteiger partial charge is 0.450 e. The van der Waals surface area contributed by atoms with Crippen LogP contribution in [-0.2, 0) is 4.74 Å². The number of nitrogens with two attached hydrogens (primary N) is 1. The molecule has 0 atom stereocenters. The van der Waals surface area contributed by atoms with Crippen LogP contribution in [-0.4, -0.2) is 24.1 Å². The average molecular weight is 213 g/mol. The summed E-state index contributed by atoms with van der Waals surface area (Å²) in [6.07, 6.45) is 4.12. The highest BCUT2D eigenvalue weighted by Gasteiger charge is 2.37. The molecule has 4 N–H and O–H groups in total. The Morgan fingerprint density at radius 2 is 2.07 bits per heavy atom. The number of amides is 1. The van der Waals surface area contributed by atoms with Crippen molar-refractivity contribution in [2.45, 2.75) is 44.6 Å². The van der Waals surface area contributed by atoms with Crippen LogP contribution in [0.4, 0.5) is 4.79 Å². The minimum Gasteiger partial charge on any atom is -0.450 e. The molecule has 5 nitrogen and oxygen atoms in total. The van der Waals surface area contributed by atoms with Crippen molar-refractivity contribution in [3.8, 4) is 0 Å². The molecule has 0 aromatic carbocycles. The molecule has 0 heterocycles. The predicted molar refractivity (Wildman–Crippen MR) is 57.9 cm³/mol. The Balaban J connectivity index is 2.64. The van der Waals surface area contributed by atoms with Gasteiger partial charge in [-0.1, -0.05) is 19.3 Å². The zero-order chi connectivity index (χ0) is 11.3. The summed E-state index contributed by atoms with van der Waals surface area (Å²) < 4.78 is 4.82. The van der Waals surface area contributed by atoms with E-state index in [2.05, 4.69) is 5.32 Å². The Kier molecular flexibility index (Phi) is 3.94. The Morgan fingerprint density at radius 1 is 1.47 bits per heavy atom. The van der Waals surface area contributed by atoms with Gasteiger partial charge in [0, 0.05) is 0 Å². The van der Waals surface area contributed by atoms with Gasteiger partial charge in [0.1, 0.15) is 5.84 Å². The summed E-state index contributed by atoms with van der Waals surface area (Å²) in [5, 5.41) is 10.3. The van der Waals surface area contributed by atoms with Gasteiger partial charge in [0.25, 0.3) is 0 Å². The zero-order valence-electron chi connectivity index (χ0n) is 9.14. The van der Waals surface area contributed by atoms with Crippen LogP contribution >= 0.6 is 0 Å². The second-order valence-electron chi connectivity index (χ2n) is 3.90. The SMILES string of the molecule is CCOC(=O)NC1(C(=N)N)CCCCC1. The van der Waals surface area contributed by atoms with Crippen LogP contribution in [0.3, 0.4) is 0 Å². The molecule has 0 aromatic rings. The minimum absolute atomic E-state index is 0.0373. The monoisotopic (exact) mass is 213 g/mol. The Morgan fingerprint density at radius 3 is 2.53 bits per heavy atom. The summed E-state index contributed by atoms with van der Waals surface area (Å²) in [6.45, 7) is 2.08. The summed E-state index contributed by atoms with van der Waals surface area (Å²) in [7, 11) is 0. The smallest absolute Gasteiger partial charge is 0.407 e. The van der Waals surface area contributed by atoms with Crippen molar-refractivity contribution in [3.05, 3.63) is 0 Å². The molecule has 0 radical (unpaired) electrons. The van der Waals surface area contributed by atoms with Gasteiger partial charge >= 0.3 is 6.09 Å². The maximum Gasteiger partial charge on any atom is 0.407 e. The van der Waals surface area contributed by atoms with Gasteiger partial charge in [-0.05, 0) is 19.8 Å². The highest BCUT2D eigenvalue weighted by molar-refractivity contribution is 5.90. The van der Waals surface area contributed by atoms with Gasteiger partial charge in [0.05, 0.1) is 12.1 Å². The molecular formula is C10H19N3O2. The number of hydrogen-bond donors (Lipinski definition) is 3. The molecule has 5 heteroatoms. The van der Waals surface area contributed by atoms with E-state index in [9.17, 15) is 4.79 Å². The molecule has 86 valence electrons. The van der Waals surface area contributed by atoms with Gasteiger partial charge in [-0.2, -0.15) is 0 Å². The highest BCUT2D eigenvalue weighted by Crippen LogP contribution is 2.28. The summed E-state index contributed by atoms with van der Waals surface area (Å²) in [6, 6.07) is 0. The van der Waals surface area contributed by atoms with Crippen LogP contribution in [0.15, 0.2) is 0 Å². The molecule has 0 spiro atoms. The Bertz CT molecular complexity index is 247. The number of carbonyl (C=O) groups excluding carboxylic acids is 1. The fraction of sp³-hybridized carbons (Fsp3) is 0.800. The molecule has 1 aliphatic rings. The number of rotatable bonds is 3. The van der Waals surface area contributed by atoms with Crippen LogP contribution in [0, 0.1) is 5.41 Å². The zero-order valence-corrected chi connectivity index (χ0v) is 9.14. The van der Waals surface area contributed by atoms with Crippen molar-refractivity contribution in [1.29, 1.82) is 5.41 Å². The first-order valence-electron chi connectivity index (χ1n) is 5.40. The summed E-state index contributed by atoms with van der Waals surface area (Å²) >= 11 is 0. The van der Waals surface area contributed by atoms with E-state index < -0.39 is 11.6 Å². The van der Waals surface area contributed by atoms with E-state index in [0.717, 1.165) is 32.1 Å². The first-order chi connectivity index (χ1) is 7.10. The third kappa shape index (κ3) is 2.84. The number of nitrogens with one attached hydrogen (secondary N) is 2. The van der Waals surface area contributed by atoms with Crippen LogP contribution in [0.5, 0.6) is 0 Å². The number of alkyl carbamates (subject to hydrolysis) is 1. The van der Waals surface area contributed by atoms with Gasteiger partial charge in [-0.25, -0.2) is 4.79 Å². The van der Waals surface area contributed by atoms with Crippen LogP contribution in [0.25, 0.3) is 0 Å². The third-order valence-corrected chi connectivity index (χ3v) is 2.84. The molecule has 0 bridgehead atoms. The topological polar surface area (TPSA) is 88.2 Å². The van der Waals surface area contributed by atoms with Crippen molar-refractivity contribution in [2.75, 3.05) is 6.61 Å². The highest BCUT2D eigenvalue weighted by atomic mass is 16.5. The Labute approximate surface area is 89.9 Å². The van der Waals surface area contributed by atoms with Crippen molar-refractivity contribution < 1.29 is 9.53 Å². The quantitative estimate of drug-likeness (QED) is 0.488. The average Bonchev–Trinajstić information content (AvgIpc) is 2.19. The van der Waals surface area contributed by atoms with Crippen LogP contribution in [0.2, 0.25) is 0 Å². The Hall–Kier alpha value is -1.26. The van der Waals surface area contributed by atoms with E-state index in [0.29, 0.717) is 6.61 Å². The van der Waals surface area contributed by atoms with Crippen molar-refractivity contribution in [1.82, 2.24) is 5.32 Å². The minimum atomic E-state index is -0.662. The molecule has 0 aromatic heterocycles. The molecule has 1 aliphatic carbocycles. The van der Waals surface area contributed by atoms with Crippen LogP contribution in [0.1, 0.15) is 39.0 Å². The number of ether oxygens (including phenoxy) is 1. The predicted octanol–water partition coefficient (Wildman–Crippen LogP) is 1.37. The van der Waals surface area contributed by atoms with Gasteiger partial charge in [0.2, 0.25) is 0 Å². The standard InChI is InChI=1S/C10H19N3O2/c1-2-15-9(14)13-10(8(11)12)6-4-3-5-7-10/h2-7H2,1H3,(H3,11,12)(H,13,14). The molecule has 1 amide bonds. The fourth-order valence-corrected chi connectivity index (χ4v) is 1.98. The third-order valence-electron chi connectivity index (χ3n) is 2.84. The van der Waals surface area contributed by atoms with Crippen molar-refractivity contribution in [3.63, 3.8) is 0 Å². The lowest BCUT2D eigenvalue weighted by atomic mass is 9.81. The normalized spacial score (nSPS) is 19.3. The first kappa shape index (κ1) is 11.8. The van der Waals surface area contributed by atoms with E-state index in [1.165, 1.54) is 0 Å². The molecule has 0 saturated heterocycles. The summed E-state index contributed by atoms with van der Waals surface area (Å²) in [5.74, 6) is 0.0373. The molecule has 1 saturated carbocycles. The van der Waals surface area contributed by atoms with Gasteiger partial charge in [-0.3, -0.25) is 5.41 Å². The van der Waals surface area contributed by atoms with Gasteiger partial charge in [-0.15, -0.1) is 0 Å². The fourth-order valence-electron chi connectivity index (χ4n) is 1.98. The summed E-state index contributed by atoms with van der Waals surface area (Å²) in [5.41, 5.74) is 4.90. The van der Waals surface area contributed by atoms with Gasteiger partial charge in [0.15, 0.2) is 0 Å². The lowest BCUT2D eigenvalue weighted by Gasteiger charge is -2.36. The van der Waals surface area contributed by atoms with E-state index in [-0.39, 0.29) is 5.84 Å².